The second-order valence-corrected chi connectivity index (χ2v) is 15.1. The van der Waals surface area contributed by atoms with Crippen LogP contribution in [0.4, 0.5) is 0 Å². The van der Waals surface area contributed by atoms with Gasteiger partial charge in [-0.3, -0.25) is 9.59 Å². The van der Waals surface area contributed by atoms with Crippen molar-refractivity contribution in [3.63, 3.8) is 0 Å². The molecule has 10 nitrogen and oxygen atoms in total. The summed E-state index contributed by atoms with van der Waals surface area (Å²) in [5.41, 5.74) is 0.376. The highest BCUT2D eigenvalue weighted by molar-refractivity contribution is 5.84. The number of rotatable bonds is 22. The first-order valence-electron chi connectivity index (χ1n) is 19.3. The van der Waals surface area contributed by atoms with E-state index in [0.717, 1.165) is 30.4 Å². The second kappa shape index (κ2) is 17.5. The van der Waals surface area contributed by atoms with Gasteiger partial charge in [-0.1, -0.05) is 109 Å². The molecule has 2 unspecified atom stereocenters. The standard InChI is InChI=1S/C40H59NO9/c1-3-4-5-6-7-8-9-10-11-12-13-14-15-16-17-18-34(45)48-31(26-33(43)44)38(46)49-30-21-22-40(47)32-25-28-19-20-29(27-42)36-35(28)39(40,37(30)50-36)23-24-41(32)2/h19-21,31-32,37,42,47H,3-18,22-27H2,1-2H3,(H,43,44)/t31-,32+,37?,39?,40+/m0/s1. The number of carboxylic acids is 1. The molecular formula is C40H59NO9. The van der Waals surface area contributed by atoms with E-state index in [1.807, 2.05) is 19.2 Å². The number of carbonyl (C=O) groups excluding carboxylic acids is 2. The number of nitrogens with zero attached hydrogens (tertiary/aromatic N) is 1. The van der Waals surface area contributed by atoms with Gasteiger partial charge in [0.05, 0.1) is 24.0 Å². The van der Waals surface area contributed by atoms with Crippen LogP contribution in [0.1, 0.15) is 146 Å². The van der Waals surface area contributed by atoms with Crippen molar-refractivity contribution in [3.8, 4) is 5.75 Å². The van der Waals surface area contributed by atoms with E-state index in [0.29, 0.717) is 37.1 Å². The van der Waals surface area contributed by atoms with Gasteiger partial charge in [0, 0.05) is 30.0 Å². The highest BCUT2D eigenvalue weighted by Gasteiger charge is 2.72. The van der Waals surface area contributed by atoms with Crippen LogP contribution in [0.5, 0.6) is 5.75 Å². The predicted octanol–water partition coefficient (Wildman–Crippen LogP) is 6.65. The number of aliphatic carboxylic acids is 1. The average molecular weight is 698 g/mol. The van der Waals surface area contributed by atoms with E-state index in [4.69, 9.17) is 14.2 Å². The Morgan fingerprint density at radius 2 is 1.58 bits per heavy atom. The summed E-state index contributed by atoms with van der Waals surface area (Å²) in [5, 5.41) is 32.0. The number of piperidine rings is 1. The zero-order chi connectivity index (χ0) is 35.7. The third kappa shape index (κ3) is 8.07. The molecule has 4 aliphatic rings. The van der Waals surface area contributed by atoms with Crippen molar-refractivity contribution in [1.29, 1.82) is 0 Å². The molecule has 2 aliphatic heterocycles. The number of unbranched alkanes of at least 4 members (excludes halogenated alkanes) is 14. The van der Waals surface area contributed by atoms with E-state index < -0.39 is 47.6 Å². The van der Waals surface area contributed by atoms with Crippen LogP contribution in [0.3, 0.4) is 0 Å². The van der Waals surface area contributed by atoms with Gasteiger partial charge in [-0.15, -0.1) is 0 Å². The molecule has 10 heteroatoms. The van der Waals surface area contributed by atoms with Crippen LogP contribution in [0.15, 0.2) is 24.0 Å². The zero-order valence-electron chi connectivity index (χ0n) is 30.3. The van der Waals surface area contributed by atoms with E-state index in [1.165, 1.54) is 70.6 Å². The third-order valence-electron chi connectivity index (χ3n) is 11.7. The minimum absolute atomic E-state index is 0.100. The smallest absolute Gasteiger partial charge is 0.353 e. The maximum Gasteiger partial charge on any atom is 0.353 e. The van der Waals surface area contributed by atoms with E-state index in [9.17, 15) is 29.7 Å². The van der Waals surface area contributed by atoms with Crippen molar-refractivity contribution in [1.82, 2.24) is 4.90 Å². The summed E-state index contributed by atoms with van der Waals surface area (Å²) in [5.74, 6) is -2.21. The van der Waals surface area contributed by atoms with Crippen LogP contribution in [-0.4, -0.2) is 75.6 Å². The van der Waals surface area contributed by atoms with Gasteiger partial charge in [0.25, 0.3) is 0 Å². The van der Waals surface area contributed by atoms with Crippen molar-refractivity contribution in [3.05, 3.63) is 40.7 Å². The largest absolute Gasteiger partial charge is 0.481 e. The normalized spacial score (nSPS) is 25.3. The number of carbonyl (C=O) groups is 3. The van der Waals surface area contributed by atoms with E-state index in [2.05, 4.69) is 11.8 Å². The fourth-order valence-corrected chi connectivity index (χ4v) is 9.00. The lowest BCUT2D eigenvalue weighted by Crippen LogP contribution is -2.74. The molecule has 0 aromatic heterocycles. The van der Waals surface area contributed by atoms with E-state index in [1.54, 1.807) is 6.08 Å². The first-order chi connectivity index (χ1) is 24.2. The zero-order valence-corrected chi connectivity index (χ0v) is 30.3. The van der Waals surface area contributed by atoms with Gasteiger partial charge in [0.2, 0.25) is 6.10 Å². The summed E-state index contributed by atoms with van der Waals surface area (Å²) >= 11 is 0. The predicted molar refractivity (Wildman–Crippen MR) is 189 cm³/mol. The number of carboxylic acid groups (broad SMARTS) is 1. The Balaban J connectivity index is 1.10. The first-order valence-corrected chi connectivity index (χ1v) is 19.3. The molecule has 50 heavy (non-hydrogen) atoms. The summed E-state index contributed by atoms with van der Waals surface area (Å²) in [4.78, 5) is 40.1. The summed E-state index contributed by atoms with van der Waals surface area (Å²) < 4.78 is 17.7. The number of hydrogen-bond donors (Lipinski definition) is 3. The summed E-state index contributed by atoms with van der Waals surface area (Å²) in [7, 11) is 2.00. The summed E-state index contributed by atoms with van der Waals surface area (Å²) in [6.07, 6.45) is 18.0. The number of aliphatic hydroxyl groups is 2. The number of ether oxygens (including phenoxy) is 3. The Labute approximate surface area is 297 Å². The topological polar surface area (TPSA) is 143 Å². The minimum Gasteiger partial charge on any atom is -0.481 e. The molecule has 1 saturated heterocycles. The first kappa shape index (κ1) is 38.3. The highest BCUT2D eigenvalue weighted by atomic mass is 16.6. The Morgan fingerprint density at radius 1 is 0.960 bits per heavy atom. The number of esters is 2. The molecule has 5 rings (SSSR count). The summed E-state index contributed by atoms with van der Waals surface area (Å²) in [6, 6.07) is 3.63. The van der Waals surface area contributed by atoms with Crippen LogP contribution in [0, 0.1) is 0 Å². The Kier molecular flexibility index (Phi) is 13.4. The molecular weight excluding hydrogens is 638 g/mol. The molecule has 1 spiro atoms. The fraction of sp³-hybridized carbons (Fsp3) is 0.725. The molecule has 2 heterocycles. The van der Waals surface area contributed by atoms with Gasteiger partial charge in [0.1, 0.15) is 11.5 Å². The Bertz CT molecular complexity index is 1380. The molecule has 0 radical (unpaired) electrons. The van der Waals surface area contributed by atoms with Crippen molar-refractivity contribution in [2.24, 2.45) is 0 Å². The maximum absolute atomic E-state index is 13.5. The van der Waals surface area contributed by atoms with Gasteiger partial charge >= 0.3 is 17.9 Å². The van der Waals surface area contributed by atoms with Gasteiger partial charge in [-0.2, -0.15) is 0 Å². The number of hydrogen-bond acceptors (Lipinski definition) is 9. The van der Waals surface area contributed by atoms with Crippen LogP contribution in [0.2, 0.25) is 0 Å². The van der Waals surface area contributed by atoms with Crippen LogP contribution in [0.25, 0.3) is 0 Å². The third-order valence-corrected chi connectivity index (χ3v) is 11.7. The Hall–Kier alpha value is -2.95. The average Bonchev–Trinajstić information content (AvgIpc) is 3.45. The van der Waals surface area contributed by atoms with Gasteiger partial charge in [-0.05, 0) is 44.5 Å². The van der Waals surface area contributed by atoms with Crippen LogP contribution < -0.4 is 4.74 Å². The molecule has 278 valence electrons. The number of benzene rings is 1. The van der Waals surface area contributed by atoms with E-state index in [-0.39, 0.29) is 31.2 Å². The van der Waals surface area contributed by atoms with Crippen molar-refractivity contribution in [2.75, 3.05) is 13.6 Å². The number of likely N-dealkylation sites (N-methyl/N-ethyl adjacent to an activating group) is 1. The molecule has 0 saturated carbocycles. The molecule has 1 aromatic rings. The molecule has 5 atom stereocenters. The SMILES string of the molecule is CCCCCCCCCCCCCCCCCC(=O)O[C@@H](CC(=O)O)C(=O)OC1=CC[C@@]2(O)[C@H]3Cc4ccc(CO)c5c4C2(CCN3C)C1O5. The lowest BCUT2D eigenvalue weighted by molar-refractivity contribution is -0.177. The molecule has 0 amide bonds. The quantitative estimate of drug-likeness (QED) is 0.0891. The lowest BCUT2D eigenvalue weighted by atomic mass is 9.50. The lowest BCUT2D eigenvalue weighted by Gasteiger charge is -2.61. The van der Waals surface area contributed by atoms with Gasteiger partial charge in [-0.25, -0.2) is 4.79 Å². The van der Waals surface area contributed by atoms with E-state index >= 15 is 0 Å². The molecule has 2 bridgehead atoms. The fourth-order valence-electron chi connectivity index (χ4n) is 9.00. The number of aliphatic hydroxyl groups excluding tert-OH is 1. The second-order valence-electron chi connectivity index (χ2n) is 15.1. The molecule has 1 aromatic carbocycles. The van der Waals surface area contributed by atoms with Crippen molar-refractivity contribution >= 4 is 17.9 Å². The van der Waals surface area contributed by atoms with Crippen molar-refractivity contribution < 1.29 is 43.9 Å². The number of likely N-dealkylation sites (tertiary alicyclic amines) is 1. The van der Waals surface area contributed by atoms with Gasteiger partial charge < -0.3 is 34.4 Å². The molecule has 3 N–H and O–H groups in total. The Morgan fingerprint density at radius 3 is 2.18 bits per heavy atom. The molecule has 1 fully saturated rings. The van der Waals surface area contributed by atoms with Crippen LogP contribution >= 0.6 is 0 Å². The highest BCUT2D eigenvalue weighted by Crippen LogP contribution is 2.64. The van der Waals surface area contributed by atoms with Gasteiger partial charge in [0.15, 0.2) is 6.10 Å². The minimum atomic E-state index is -1.61. The molecule has 2 aliphatic carbocycles. The monoisotopic (exact) mass is 697 g/mol. The maximum atomic E-state index is 13.5. The van der Waals surface area contributed by atoms with Crippen LogP contribution in [-0.2, 0) is 42.3 Å². The summed E-state index contributed by atoms with van der Waals surface area (Å²) in [6.45, 7) is 2.69. The van der Waals surface area contributed by atoms with Crippen molar-refractivity contribution in [2.45, 2.75) is 171 Å².